The van der Waals surface area contributed by atoms with E-state index in [4.69, 9.17) is 9.73 Å². The molecule has 3 aliphatic heterocycles. The third-order valence-electron chi connectivity index (χ3n) is 9.13. The number of aliphatic imine (C=N–C) groups is 1. The molecule has 3 atom stereocenters. The Balaban J connectivity index is 1.35. The number of rotatable bonds is 9. The fourth-order valence-corrected chi connectivity index (χ4v) is 9.30. The van der Waals surface area contributed by atoms with Crippen molar-refractivity contribution in [1.82, 2.24) is 19.5 Å². The number of hydrogen-bond donors (Lipinski definition) is 2. The molecule has 0 spiro atoms. The number of nitrogens with zero attached hydrogens (tertiary/aromatic N) is 4. The first-order valence-electron chi connectivity index (χ1n) is 14.5. The van der Waals surface area contributed by atoms with E-state index >= 15 is 8.78 Å². The van der Waals surface area contributed by atoms with E-state index in [0.717, 1.165) is 4.31 Å². The lowest BCUT2D eigenvalue weighted by molar-refractivity contribution is -0.144. The van der Waals surface area contributed by atoms with Crippen LogP contribution < -0.4 is 5.32 Å². The molecule has 16 heteroatoms. The average Bonchev–Trinajstić information content (AvgIpc) is 3.68. The number of benzene rings is 1. The van der Waals surface area contributed by atoms with Gasteiger partial charge in [-0.25, -0.2) is 31.4 Å². The van der Waals surface area contributed by atoms with E-state index in [-0.39, 0.29) is 61.8 Å². The molecule has 0 radical (unpaired) electrons. The van der Waals surface area contributed by atoms with Gasteiger partial charge in [0.2, 0.25) is 10.0 Å². The van der Waals surface area contributed by atoms with Gasteiger partial charge in [-0.3, -0.25) is 14.7 Å². The van der Waals surface area contributed by atoms with Crippen molar-refractivity contribution < 1.29 is 41.0 Å². The number of nitrogens with one attached hydrogen (secondary N) is 1. The Kier molecular flexibility index (Phi) is 8.29. The Labute approximate surface area is 261 Å². The summed E-state index contributed by atoms with van der Waals surface area (Å²) in [4.78, 5) is 35.2. The van der Waals surface area contributed by atoms with Crippen molar-refractivity contribution >= 4 is 39.1 Å². The number of carboxylic acids is 1. The topological polar surface area (TPSA) is 142 Å². The smallest absolute Gasteiger partial charge is 0.338 e. The van der Waals surface area contributed by atoms with Gasteiger partial charge in [0.15, 0.2) is 10.8 Å². The number of sulfonamides is 1. The third-order valence-corrected chi connectivity index (χ3v) is 12.2. The first-order chi connectivity index (χ1) is 21.3. The van der Waals surface area contributed by atoms with Gasteiger partial charge in [0.05, 0.1) is 35.8 Å². The number of alkyl halides is 2. The molecule has 1 aromatic heterocycles. The summed E-state index contributed by atoms with van der Waals surface area (Å²) in [5.41, 5.74) is 0.921. The van der Waals surface area contributed by atoms with Gasteiger partial charge in [-0.1, -0.05) is 12.1 Å². The van der Waals surface area contributed by atoms with Crippen LogP contribution in [-0.2, 0) is 24.3 Å². The highest BCUT2D eigenvalue weighted by Gasteiger charge is 2.61. The molecule has 2 unspecified atom stereocenters. The van der Waals surface area contributed by atoms with E-state index in [0.29, 0.717) is 10.6 Å². The third kappa shape index (κ3) is 5.66. The minimum Gasteiger partial charge on any atom is -0.481 e. The van der Waals surface area contributed by atoms with Crippen molar-refractivity contribution in [2.24, 2.45) is 16.8 Å². The van der Waals surface area contributed by atoms with Crippen molar-refractivity contribution in [2.45, 2.75) is 49.9 Å². The van der Waals surface area contributed by atoms with Crippen LogP contribution in [0, 0.1) is 24.6 Å². The minimum absolute atomic E-state index is 0.0245. The van der Waals surface area contributed by atoms with Crippen LogP contribution in [0.4, 0.5) is 13.2 Å². The number of aromatic nitrogens is 1. The standard InChI is InChI=1S/C29H32F3N5O6S2/c1-3-43-28(40)23-21(34-25(26-33-7-8-44-26)35-24(23)18-5-4-6-20(30)15(18)2)12-36-14-29(31,32)19-11-37(13-22(19)36)45(41,42)17-9-16(10-17)27(38)39/h4-8,16-17,19,22,24H,3,9-14H2,1-2H3,(H,34,35)(H,38,39)/t16?,17?,19?,22?,24-/m0/s1. The van der Waals surface area contributed by atoms with E-state index in [2.05, 4.69) is 10.3 Å². The molecule has 1 aromatic carbocycles. The Morgan fingerprint density at radius 2 is 2.00 bits per heavy atom. The first-order valence-corrected chi connectivity index (χ1v) is 16.9. The highest BCUT2D eigenvalue weighted by Crippen LogP contribution is 2.46. The maximum Gasteiger partial charge on any atom is 0.338 e. The Morgan fingerprint density at radius 3 is 2.67 bits per heavy atom. The fourth-order valence-electron chi connectivity index (χ4n) is 6.61. The molecule has 6 rings (SSSR count). The molecular weight excluding hydrogens is 635 g/mol. The summed E-state index contributed by atoms with van der Waals surface area (Å²) in [5, 5.41) is 13.6. The Morgan fingerprint density at radius 1 is 1.24 bits per heavy atom. The number of carbonyl (C=O) groups is 2. The van der Waals surface area contributed by atoms with Gasteiger partial charge in [0, 0.05) is 43.0 Å². The number of amidine groups is 1. The quantitative estimate of drug-likeness (QED) is 0.386. The molecule has 0 bridgehead atoms. The molecule has 1 saturated carbocycles. The lowest BCUT2D eigenvalue weighted by atomic mass is 9.85. The second-order valence-electron chi connectivity index (χ2n) is 11.7. The monoisotopic (exact) mass is 667 g/mol. The highest BCUT2D eigenvalue weighted by molar-refractivity contribution is 7.89. The number of halogens is 3. The van der Waals surface area contributed by atoms with E-state index < -0.39 is 69.4 Å². The van der Waals surface area contributed by atoms with E-state index in [9.17, 15) is 27.5 Å². The van der Waals surface area contributed by atoms with Gasteiger partial charge in [-0.2, -0.15) is 4.31 Å². The number of fused-ring (bicyclic) bond motifs is 1. The van der Waals surface area contributed by atoms with Gasteiger partial charge >= 0.3 is 11.9 Å². The summed E-state index contributed by atoms with van der Waals surface area (Å²) in [6, 6.07) is 2.52. The first kappa shape index (κ1) is 31.6. The minimum atomic E-state index is -3.99. The number of ether oxygens (including phenoxy) is 1. The maximum absolute atomic E-state index is 15.5. The van der Waals surface area contributed by atoms with Crippen LogP contribution >= 0.6 is 11.3 Å². The molecule has 4 heterocycles. The fraction of sp³-hybridized carbons (Fsp3) is 0.517. The molecule has 2 N–H and O–H groups in total. The molecule has 4 aliphatic rings. The van der Waals surface area contributed by atoms with Gasteiger partial charge in [-0.05, 0) is 43.9 Å². The highest BCUT2D eigenvalue weighted by atomic mass is 32.2. The van der Waals surface area contributed by atoms with Crippen LogP contribution in [0.25, 0.3) is 0 Å². The summed E-state index contributed by atoms with van der Waals surface area (Å²) in [6.07, 6.45) is 1.46. The Bertz CT molecular complexity index is 1680. The number of esters is 1. The summed E-state index contributed by atoms with van der Waals surface area (Å²) >= 11 is 1.27. The van der Waals surface area contributed by atoms with Gasteiger partial charge in [-0.15, -0.1) is 11.3 Å². The number of thiazole rings is 1. The number of carboxylic acid groups (broad SMARTS) is 1. The molecule has 3 fully saturated rings. The van der Waals surface area contributed by atoms with E-state index in [1.165, 1.54) is 28.4 Å². The molecule has 2 saturated heterocycles. The van der Waals surface area contributed by atoms with Gasteiger partial charge in [0.1, 0.15) is 11.9 Å². The lowest BCUT2D eigenvalue weighted by Gasteiger charge is -2.35. The Hall–Kier alpha value is -3.34. The largest absolute Gasteiger partial charge is 0.481 e. The zero-order valence-corrected chi connectivity index (χ0v) is 26.1. The molecule has 1 aliphatic carbocycles. The van der Waals surface area contributed by atoms with Crippen LogP contribution in [0.2, 0.25) is 0 Å². The van der Waals surface area contributed by atoms with Crippen molar-refractivity contribution in [3.05, 3.63) is 63.0 Å². The summed E-state index contributed by atoms with van der Waals surface area (Å²) in [6.45, 7) is 1.76. The van der Waals surface area contributed by atoms with E-state index in [1.807, 2.05) is 0 Å². The summed E-state index contributed by atoms with van der Waals surface area (Å²) in [7, 11) is -3.99. The summed E-state index contributed by atoms with van der Waals surface area (Å²) < 4.78 is 78.8. The maximum atomic E-state index is 15.5. The zero-order chi connectivity index (χ0) is 32.3. The molecule has 2 aromatic rings. The van der Waals surface area contributed by atoms with Crippen molar-refractivity contribution in [3.63, 3.8) is 0 Å². The molecule has 11 nitrogen and oxygen atoms in total. The molecule has 45 heavy (non-hydrogen) atoms. The van der Waals surface area contributed by atoms with Crippen LogP contribution in [0.3, 0.4) is 0 Å². The average molecular weight is 668 g/mol. The second kappa shape index (κ2) is 11.8. The van der Waals surface area contributed by atoms with Gasteiger partial charge < -0.3 is 15.2 Å². The van der Waals surface area contributed by atoms with Crippen molar-refractivity contribution in [3.8, 4) is 0 Å². The van der Waals surface area contributed by atoms with E-state index in [1.54, 1.807) is 31.5 Å². The molecular formula is C29H32F3N5O6S2. The molecule has 242 valence electrons. The lowest BCUT2D eigenvalue weighted by Crippen LogP contribution is -2.48. The number of hydrogen-bond acceptors (Lipinski definition) is 10. The molecule has 0 amide bonds. The zero-order valence-electron chi connectivity index (χ0n) is 24.5. The number of aliphatic carboxylic acids is 1. The predicted octanol–water partition coefficient (Wildman–Crippen LogP) is 2.94. The predicted molar refractivity (Wildman–Crippen MR) is 158 cm³/mol. The number of carbonyl (C=O) groups excluding carboxylic acids is 1. The van der Waals surface area contributed by atoms with Crippen molar-refractivity contribution in [1.29, 1.82) is 0 Å². The second-order valence-corrected chi connectivity index (χ2v) is 14.8. The van der Waals surface area contributed by atoms with Crippen LogP contribution in [0.15, 0.2) is 46.0 Å². The summed E-state index contributed by atoms with van der Waals surface area (Å²) in [5.74, 6) is -7.34. The van der Waals surface area contributed by atoms with Gasteiger partial charge in [0.25, 0.3) is 5.92 Å². The van der Waals surface area contributed by atoms with Crippen LogP contribution in [0.5, 0.6) is 0 Å². The SMILES string of the molecule is CCOC(=O)C1=C(CN2CC(F)(F)C3CN(S(=O)(=O)C4CC(C(=O)O)C4)CC32)NC(c2nccs2)=N[C@H]1c1cccc(F)c1C. The normalized spacial score (nSPS) is 28.3. The van der Waals surface area contributed by atoms with Crippen LogP contribution in [0.1, 0.15) is 41.9 Å². The van der Waals surface area contributed by atoms with Crippen LogP contribution in [-0.4, -0.2) is 95.5 Å². The number of likely N-dealkylation sites (tertiary alicyclic amines) is 1. The van der Waals surface area contributed by atoms with Crippen molar-refractivity contribution in [2.75, 3.05) is 32.8 Å².